The largest absolute Gasteiger partial charge is 0.465 e. The van der Waals surface area contributed by atoms with Crippen LogP contribution in [0.4, 0.5) is 0 Å². The number of rotatable bonds is 7. The summed E-state index contributed by atoms with van der Waals surface area (Å²) in [7, 11) is -2.14. The molecule has 3 N–H and O–H groups in total. The molecule has 0 fully saturated rings. The summed E-state index contributed by atoms with van der Waals surface area (Å²) in [5.41, 5.74) is 6.15. The summed E-state index contributed by atoms with van der Waals surface area (Å²) in [6, 6.07) is 6.35. The molecule has 0 bridgehead atoms. The molecule has 106 valence electrons. The van der Waals surface area contributed by atoms with Gasteiger partial charge in [0.05, 0.1) is 18.4 Å². The molecule has 0 aliphatic heterocycles. The number of hydrogen-bond acceptors (Lipinski definition) is 5. The Balaban J connectivity index is 2.73. The van der Waals surface area contributed by atoms with E-state index >= 15 is 0 Å². The zero-order valence-corrected chi connectivity index (χ0v) is 11.6. The Labute approximate surface area is 113 Å². The molecule has 6 nitrogen and oxygen atoms in total. The van der Waals surface area contributed by atoms with E-state index in [4.69, 9.17) is 5.73 Å². The molecular weight excluding hydrogens is 268 g/mol. The molecule has 7 heteroatoms. The second-order valence-electron chi connectivity index (χ2n) is 3.99. The second-order valence-corrected chi connectivity index (χ2v) is 5.79. The highest BCUT2D eigenvalue weighted by atomic mass is 32.2. The fourth-order valence-electron chi connectivity index (χ4n) is 1.51. The van der Waals surface area contributed by atoms with Crippen LogP contribution in [0.15, 0.2) is 24.3 Å². The van der Waals surface area contributed by atoms with Crippen molar-refractivity contribution >= 4 is 16.0 Å². The molecule has 0 saturated heterocycles. The van der Waals surface area contributed by atoms with Crippen LogP contribution in [0, 0.1) is 0 Å². The molecule has 0 saturated carbocycles. The van der Waals surface area contributed by atoms with E-state index in [1.54, 1.807) is 18.2 Å². The number of ether oxygens (including phenoxy) is 1. The maximum atomic E-state index is 11.8. The van der Waals surface area contributed by atoms with Gasteiger partial charge in [0.2, 0.25) is 10.0 Å². The fourth-order valence-corrected chi connectivity index (χ4v) is 2.68. The van der Waals surface area contributed by atoms with E-state index in [-0.39, 0.29) is 5.75 Å². The van der Waals surface area contributed by atoms with E-state index < -0.39 is 16.0 Å². The van der Waals surface area contributed by atoms with E-state index in [9.17, 15) is 13.2 Å². The number of benzene rings is 1. The minimum absolute atomic E-state index is 0.178. The Hall–Kier alpha value is -1.44. The van der Waals surface area contributed by atoms with Crippen LogP contribution in [0.3, 0.4) is 0 Å². The van der Waals surface area contributed by atoms with E-state index in [1.807, 2.05) is 0 Å². The van der Waals surface area contributed by atoms with Crippen LogP contribution in [-0.2, 0) is 20.5 Å². The van der Waals surface area contributed by atoms with Crippen molar-refractivity contribution in [3.05, 3.63) is 35.4 Å². The molecule has 1 aromatic rings. The summed E-state index contributed by atoms with van der Waals surface area (Å²) >= 11 is 0. The zero-order valence-electron chi connectivity index (χ0n) is 10.8. The van der Waals surface area contributed by atoms with Gasteiger partial charge < -0.3 is 10.5 Å². The van der Waals surface area contributed by atoms with Crippen molar-refractivity contribution in [2.24, 2.45) is 5.73 Å². The number of methoxy groups -OCH3 is 1. The van der Waals surface area contributed by atoms with E-state index in [0.29, 0.717) is 30.6 Å². The second kappa shape index (κ2) is 7.22. The van der Waals surface area contributed by atoms with Crippen molar-refractivity contribution in [2.45, 2.75) is 12.2 Å². The standard InChI is InChI=1S/C12H18N2O4S/c1-18-12(15)11-5-2-4-10(8-11)9-19(16,17)14-7-3-6-13/h2,4-5,8,14H,3,6-7,9,13H2,1H3. The molecule has 1 aromatic carbocycles. The molecule has 0 heterocycles. The Morgan fingerprint density at radius 1 is 1.42 bits per heavy atom. The highest BCUT2D eigenvalue weighted by molar-refractivity contribution is 7.88. The number of sulfonamides is 1. The van der Waals surface area contributed by atoms with Gasteiger partial charge in [0, 0.05) is 6.54 Å². The van der Waals surface area contributed by atoms with Gasteiger partial charge in [0.25, 0.3) is 0 Å². The third-order valence-electron chi connectivity index (χ3n) is 2.41. The first-order valence-electron chi connectivity index (χ1n) is 5.83. The molecule has 0 aliphatic carbocycles. The molecule has 0 amide bonds. The van der Waals surface area contributed by atoms with Gasteiger partial charge in [-0.3, -0.25) is 0 Å². The van der Waals surface area contributed by atoms with Gasteiger partial charge >= 0.3 is 5.97 Å². The van der Waals surface area contributed by atoms with Gasteiger partial charge in [-0.25, -0.2) is 17.9 Å². The van der Waals surface area contributed by atoms with Gasteiger partial charge in [0.1, 0.15) is 0 Å². The maximum absolute atomic E-state index is 11.8. The van der Waals surface area contributed by atoms with E-state index in [1.165, 1.54) is 13.2 Å². The molecule has 0 aliphatic rings. The normalized spacial score (nSPS) is 11.3. The van der Waals surface area contributed by atoms with Crippen molar-refractivity contribution in [3.8, 4) is 0 Å². The monoisotopic (exact) mass is 286 g/mol. The van der Waals surface area contributed by atoms with Crippen LogP contribution >= 0.6 is 0 Å². The van der Waals surface area contributed by atoms with Gasteiger partial charge in [-0.1, -0.05) is 12.1 Å². The first-order chi connectivity index (χ1) is 8.98. The van der Waals surface area contributed by atoms with Gasteiger partial charge in [-0.05, 0) is 30.7 Å². The van der Waals surface area contributed by atoms with Crippen molar-refractivity contribution < 1.29 is 17.9 Å². The predicted octanol–water partition coefficient (Wildman–Crippen LogP) is 0.241. The molecule has 0 spiro atoms. The average Bonchev–Trinajstić information content (AvgIpc) is 2.37. The van der Waals surface area contributed by atoms with E-state index in [2.05, 4.69) is 9.46 Å². The smallest absolute Gasteiger partial charge is 0.337 e. The van der Waals surface area contributed by atoms with Crippen molar-refractivity contribution in [1.29, 1.82) is 0 Å². The SMILES string of the molecule is COC(=O)c1cccc(CS(=O)(=O)NCCCN)c1. The Kier molecular flexibility index (Phi) is 5.94. The van der Waals surface area contributed by atoms with Gasteiger partial charge in [-0.2, -0.15) is 0 Å². The van der Waals surface area contributed by atoms with Crippen molar-refractivity contribution in [3.63, 3.8) is 0 Å². The summed E-state index contributed by atoms with van der Waals surface area (Å²) in [4.78, 5) is 11.3. The fraction of sp³-hybridized carbons (Fsp3) is 0.417. The number of esters is 1. The van der Waals surface area contributed by atoms with E-state index in [0.717, 1.165) is 0 Å². The maximum Gasteiger partial charge on any atom is 0.337 e. The first-order valence-corrected chi connectivity index (χ1v) is 7.48. The molecule has 0 unspecified atom stereocenters. The number of hydrogen-bond donors (Lipinski definition) is 2. The first kappa shape index (κ1) is 15.6. The zero-order chi connectivity index (χ0) is 14.3. The highest BCUT2D eigenvalue weighted by Gasteiger charge is 2.12. The minimum atomic E-state index is -3.41. The lowest BCUT2D eigenvalue weighted by atomic mass is 10.1. The Bertz CT molecular complexity index is 528. The third-order valence-corrected chi connectivity index (χ3v) is 3.76. The summed E-state index contributed by atoms with van der Waals surface area (Å²) in [5, 5.41) is 0. The number of carbonyl (C=O) groups excluding carboxylic acids is 1. The summed E-state index contributed by atoms with van der Waals surface area (Å²) < 4.78 is 30.5. The van der Waals surface area contributed by atoms with Crippen LogP contribution in [-0.4, -0.2) is 34.6 Å². The topological polar surface area (TPSA) is 98.5 Å². The van der Waals surface area contributed by atoms with Crippen LogP contribution in [0.5, 0.6) is 0 Å². The lowest BCUT2D eigenvalue weighted by molar-refractivity contribution is 0.0600. The predicted molar refractivity (Wildman–Crippen MR) is 72.1 cm³/mol. The quantitative estimate of drug-likeness (QED) is 0.552. The third kappa shape index (κ3) is 5.37. The summed E-state index contributed by atoms with van der Waals surface area (Å²) in [6.45, 7) is 0.746. The molecule has 0 radical (unpaired) electrons. The minimum Gasteiger partial charge on any atom is -0.465 e. The average molecular weight is 286 g/mol. The lowest BCUT2D eigenvalue weighted by Gasteiger charge is -2.07. The summed E-state index contributed by atoms with van der Waals surface area (Å²) in [6.07, 6.45) is 0.585. The van der Waals surface area contributed by atoms with Crippen LogP contribution in [0.1, 0.15) is 22.3 Å². The van der Waals surface area contributed by atoms with Crippen LogP contribution < -0.4 is 10.5 Å². The lowest BCUT2D eigenvalue weighted by Crippen LogP contribution is -2.27. The molecule has 19 heavy (non-hydrogen) atoms. The van der Waals surface area contributed by atoms with Gasteiger partial charge in [0.15, 0.2) is 0 Å². The van der Waals surface area contributed by atoms with Crippen molar-refractivity contribution in [2.75, 3.05) is 20.2 Å². The van der Waals surface area contributed by atoms with Crippen LogP contribution in [0.25, 0.3) is 0 Å². The molecule has 0 atom stereocenters. The number of nitrogens with two attached hydrogens (primary N) is 1. The van der Waals surface area contributed by atoms with Crippen LogP contribution in [0.2, 0.25) is 0 Å². The number of nitrogens with one attached hydrogen (secondary N) is 1. The number of carbonyl (C=O) groups is 1. The molecular formula is C12H18N2O4S. The highest BCUT2D eigenvalue weighted by Crippen LogP contribution is 2.09. The van der Waals surface area contributed by atoms with Gasteiger partial charge in [-0.15, -0.1) is 0 Å². The summed E-state index contributed by atoms with van der Waals surface area (Å²) in [5.74, 6) is -0.669. The Morgan fingerprint density at radius 3 is 2.79 bits per heavy atom. The van der Waals surface area contributed by atoms with Crippen molar-refractivity contribution in [1.82, 2.24) is 4.72 Å². The molecule has 1 rings (SSSR count). The molecule has 0 aromatic heterocycles. The Morgan fingerprint density at radius 2 is 2.16 bits per heavy atom.